The number of aromatic amines is 1. The minimum absolute atomic E-state index is 0.0425. The van der Waals surface area contributed by atoms with Crippen LogP contribution in [-0.2, 0) is 0 Å². The Labute approximate surface area is 92.7 Å². The van der Waals surface area contributed by atoms with Gasteiger partial charge in [-0.2, -0.15) is 0 Å². The first-order chi connectivity index (χ1) is 7.09. The molecule has 0 radical (unpaired) electrons. The molecule has 0 aliphatic carbocycles. The lowest BCUT2D eigenvalue weighted by atomic mass is 10.2. The zero-order valence-corrected chi connectivity index (χ0v) is 9.17. The number of carbonyl (C=O) groups is 1. The molecule has 0 aliphatic heterocycles. The van der Waals surface area contributed by atoms with Crippen LogP contribution >= 0.6 is 11.6 Å². The van der Waals surface area contributed by atoms with E-state index >= 15 is 0 Å². The number of hydrogen-bond donors (Lipinski definition) is 2. The van der Waals surface area contributed by atoms with E-state index in [9.17, 15) is 9.59 Å². The number of nitrogens with one attached hydrogen (secondary N) is 2. The molecule has 1 aromatic rings. The number of halogens is 1. The Hall–Kier alpha value is -1.29. The second kappa shape index (κ2) is 5.56. The summed E-state index contributed by atoms with van der Waals surface area (Å²) in [6.07, 6.45) is 2.11. The average molecular weight is 229 g/mol. The number of alkyl halides is 1. The second-order valence-electron chi connectivity index (χ2n) is 3.27. The van der Waals surface area contributed by atoms with Crippen LogP contribution in [0.15, 0.2) is 23.1 Å². The number of hydrogen-bond acceptors (Lipinski definition) is 2. The molecular formula is C10H13ClN2O2. The van der Waals surface area contributed by atoms with Gasteiger partial charge in [0.2, 0.25) is 5.56 Å². The third kappa shape index (κ3) is 4.16. The first-order valence-electron chi connectivity index (χ1n) is 4.70. The van der Waals surface area contributed by atoms with Gasteiger partial charge < -0.3 is 10.3 Å². The Morgan fingerprint density at radius 2 is 2.33 bits per heavy atom. The Kier molecular flexibility index (Phi) is 4.37. The van der Waals surface area contributed by atoms with Crippen molar-refractivity contribution in [2.75, 3.05) is 6.54 Å². The van der Waals surface area contributed by atoms with Crippen molar-refractivity contribution in [1.29, 1.82) is 0 Å². The Balaban J connectivity index is 2.47. The Bertz CT molecular complexity index is 367. The number of H-pyrrole nitrogens is 1. The lowest BCUT2D eigenvalue weighted by Gasteiger charge is -2.05. The van der Waals surface area contributed by atoms with E-state index in [1.807, 2.05) is 6.92 Å². The zero-order chi connectivity index (χ0) is 11.3. The molecule has 0 saturated heterocycles. The van der Waals surface area contributed by atoms with Gasteiger partial charge >= 0.3 is 0 Å². The molecule has 2 N–H and O–H groups in total. The minimum atomic E-state index is -0.221. The van der Waals surface area contributed by atoms with Gasteiger partial charge in [0.1, 0.15) is 0 Å². The fraction of sp³-hybridized carbons (Fsp3) is 0.400. The van der Waals surface area contributed by atoms with Crippen molar-refractivity contribution in [3.63, 3.8) is 0 Å². The second-order valence-corrected chi connectivity index (χ2v) is 4.01. The molecular weight excluding hydrogens is 216 g/mol. The molecule has 1 rings (SSSR count). The summed E-state index contributed by atoms with van der Waals surface area (Å²) in [6, 6.07) is 2.80. The van der Waals surface area contributed by atoms with E-state index in [0.29, 0.717) is 12.1 Å². The first kappa shape index (κ1) is 11.8. The van der Waals surface area contributed by atoms with Crippen molar-refractivity contribution in [3.8, 4) is 0 Å². The number of pyridine rings is 1. The molecule has 0 saturated carbocycles. The monoisotopic (exact) mass is 228 g/mol. The topological polar surface area (TPSA) is 62.0 Å². The van der Waals surface area contributed by atoms with Crippen molar-refractivity contribution in [1.82, 2.24) is 10.3 Å². The number of amides is 1. The van der Waals surface area contributed by atoms with Crippen LogP contribution in [-0.4, -0.2) is 22.8 Å². The molecule has 0 aromatic carbocycles. The molecule has 0 aliphatic rings. The summed E-state index contributed by atoms with van der Waals surface area (Å²) in [6.45, 7) is 2.40. The predicted molar refractivity (Wildman–Crippen MR) is 59.3 cm³/mol. The molecule has 15 heavy (non-hydrogen) atoms. The summed E-state index contributed by atoms with van der Waals surface area (Å²) in [7, 11) is 0. The van der Waals surface area contributed by atoms with Crippen molar-refractivity contribution < 1.29 is 4.79 Å². The Morgan fingerprint density at radius 3 is 2.87 bits per heavy atom. The molecule has 1 amide bonds. The van der Waals surface area contributed by atoms with Crippen LogP contribution in [0.25, 0.3) is 0 Å². The summed E-state index contributed by atoms with van der Waals surface area (Å²) >= 11 is 5.73. The SMILES string of the molecule is CC(Cl)CCNC(=O)c1ccc(=O)[nH]c1. The molecule has 82 valence electrons. The van der Waals surface area contributed by atoms with Crippen molar-refractivity contribution in [3.05, 3.63) is 34.2 Å². The molecule has 1 aromatic heterocycles. The van der Waals surface area contributed by atoms with Crippen molar-refractivity contribution >= 4 is 17.5 Å². The third-order valence-electron chi connectivity index (χ3n) is 1.87. The molecule has 0 fully saturated rings. The quantitative estimate of drug-likeness (QED) is 0.759. The van der Waals surface area contributed by atoms with Gasteiger partial charge in [-0.25, -0.2) is 0 Å². The van der Waals surface area contributed by atoms with Gasteiger partial charge in [0.15, 0.2) is 0 Å². The average Bonchev–Trinajstić information content (AvgIpc) is 2.18. The lowest BCUT2D eigenvalue weighted by Crippen LogP contribution is -2.26. The summed E-state index contributed by atoms with van der Waals surface area (Å²) in [5, 5.41) is 2.75. The van der Waals surface area contributed by atoms with E-state index in [1.54, 1.807) is 0 Å². The summed E-state index contributed by atoms with van der Waals surface area (Å²) in [4.78, 5) is 24.6. The summed E-state index contributed by atoms with van der Waals surface area (Å²) in [5.74, 6) is -0.205. The molecule has 0 bridgehead atoms. The summed E-state index contributed by atoms with van der Waals surface area (Å²) < 4.78 is 0. The van der Waals surface area contributed by atoms with Crippen LogP contribution in [0, 0.1) is 0 Å². The minimum Gasteiger partial charge on any atom is -0.352 e. The summed E-state index contributed by atoms with van der Waals surface area (Å²) in [5.41, 5.74) is 0.220. The van der Waals surface area contributed by atoms with Crippen molar-refractivity contribution in [2.45, 2.75) is 18.7 Å². The fourth-order valence-electron chi connectivity index (χ4n) is 1.04. The normalized spacial score (nSPS) is 12.1. The molecule has 4 nitrogen and oxygen atoms in total. The van der Waals surface area contributed by atoms with Gasteiger partial charge in [0, 0.05) is 24.2 Å². The number of aromatic nitrogens is 1. The van der Waals surface area contributed by atoms with Gasteiger partial charge in [-0.3, -0.25) is 9.59 Å². The zero-order valence-electron chi connectivity index (χ0n) is 8.42. The first-order valence-corrected chi connectivity index (χ1v) is 5.14. The molecule has 5 heteroatoms. The van der Waals surface area contributed by atoms with Gasteiger partial charge in [-0.05, 0) is 19.4 Å². The molecule has 0 spiro atoms. The van der Waals surface area contributed by atoms with Gasteiger partial charge in [-0.15, -0.1) is 11.6 Å². The van der Waals surface area contributed by atoms with Crippen LogP contribution in [0.5, 0.6) is 0 Å². The van der Waals surface area contributed by atoms with Crippen LogP contribution < -0.4 is 10.9 Å². The Morgan fingerprint density at radius 1 is 1.60 bits per heavy atom. The highest BCUT2D eigenvalue weighted by Gasteiger charge is 2.04. The van der Waals surface area contributed by atoms with Crippen LogP contribution in [0.3, 0.4) is 0 Å². The van der Waals surface area contributed by atoms with E-state index in [4.69, 9.17) is 11.6 Å². The maximum atomic E-state index is 11.5. The number of rotatable bonds is 4. The largest absolute Gasteiger partial charge is 0.352 e. The highest BCUT2D eigenvalue weighted by molar-refractivity contribution is 6.20. The highest BCUT2D eigenvalue weighted by Crippen LogP contribution is 1.98. The van der Waals surface area contributed by atoms with Gasteiger partial charge in [0.25, 0.3) is 5.91 Å². The van der Waals surface area contributed by atoms with E-state index in [1.165, 1.54) is 18.3 Å². The molecule has 1 unspecified atom stereocenters. The van der Waals surface area contributed by atoms with Crippen LogP contribution in [0.1, 0.15) is 23.7 Å². The smallest absolute Gasteiger partial charge is 0.252 e. The standard InChI is InChI=1S/C10H13ClN2O2/c1-7(11)4-5-12-10(15)8-2-3-9(14)13-6-8/h2-3,6-7H,4-5H2,1H3,(H,12,15)(H,13,14). The van der Waals surface area contributed by atoms with Crippen LogP contribution in [0.2, 0.25) is 0 Å². The van der Waals surface area contributed by atoms with E-state index in [2.05, 4.69) is 10.3 Å². The van der Waals surface area contributed by atoms with E-state index < -0.39 is 0 Å². The van der Waals surface area contributed by atoms with Gasteiger partial charge in [0.05, 0.1) is 5.56 Å². The maximum Gasteiger partial charge on any atom is 0.252 e. The van der Waals surface area contributed by atoms with E-state index in [0.717, 1.165) is 6.42 Å². The number of carbonyl (C=O) groups excluding carboxylic acids is 1. The molecule has 1 atom stereocenters. The third-order valence-corrected chi connectivity index (χ3v) is 2.09. The fourth-order valence-corrected chi connectivity index (χ4v) is 1.15. The van der Waals surface area contributed by atoms with E-state index in [-0.39, 0.29) is 16.8 Å². The van der Waals surface area contributed by atoms with Gasteiger partial charge in [-0.1, -0.05) is 0 Å². The van der Waals surface area contributed by atoms with Crippen LogP contribution in [0.4, 0.5) is 0 Å². The molecule has 1 heterocycles. The maximum absolute atomic E-state index is 11.5. The van der Waals surface area contributed by atoms with Crippen molar-refractivity contribution in [2.24, 2.45) is 0 Å². The lowest BCUT2D eigenvalue weighted by molar-refractivity contribution is 0.0953. The highest BCUT2D eigenvalue weighted by atomic mass is 35.5. The predicted octanol–water partition coefficient (Wildman–Crippen LogP) is 1.12.